The SMILES string of the molecule is CNC(=O)C(C)(C)CCOC(C)(C)CCNN(C)C=S. The van der Waals surface area contributed by atoms with Gasteiger partial charge in [0.1, 0.15) is 0 Å². The number of hydrogen-bond donors (Lipinski definition) is 2. The fourth-order valence-electron chi connectivity index (χ4n) is 1.68. The van der Waals surface area contributed by atoms with E-state index in [1.54, 1.807) is 17.5 Å². The molecule has 0 fully saturated rings. The minimum absolute atomic E-state index is 0.0446. The van der Waals surface area contributed by atoms with Crippen LogP contribution in [0.3, 0.4) is 0 Å². The van der Waals surface area contributed by atoms with Gasteiger partial charge in [0.25, 0.3) is 0 Å². The first-order chi connectivity index (χ1) is 9.14. The van der Waals surface area contributed by atoms with Gasteiger partial charge in [-0.3, -0.25) is 4.79 Å². The maximum absolute atomic E-state index is 11.7. The second kappa shape index (κ2) is 8.54. The van der Waals surface area contributed by atoms with Gasteiger partial charge in [-0.2, -0.15) is 0 Å². The van der Waals surface area contributed by atoms with E-state index in [-0.39, 0.29) is 11.5 Å². The van der Waals surface area contributed by atoms with Crippen molar-refractivity contribution in [2.75, 3.05) is 27.2 Å². The van der Waals surface area contributed by atoms with Crippen molar-refractivity contribution in [2.45, 2.75) is 46.1 Å². The number of thiocarbonyl (C=S) groups is 1. The smallest absolute Gasteiger partial charge is 0.225 e. The van der Waals surface area contributed by atoms with Gasteiger partial charge >= 0.3 is 0 Å². The predicted molar refractivity (Wildman–Crippen MR) is 86.5 cm³/mol. The molecule has 1 amide bonds. The largest absolute Gasteiger partial charge is 0.375 e. The number of amides is 1. The third-order valence-corrected chi connectivity index (χ3v) is 3.62. The Morgan fingerprint density at radius 2 is 1.90 bits per heavy atom. The van der Waals surface area contributed by atoms with Crippen molar-refractivity contribution in [2.24, 2.45) is 5.41 Å². The molecule has 0 aliphatic rings. The van der Waals surface area contributed by atoms with E-state index >= 15 is 0 Å². The van der Waals surface area contributed by atoms with Crippen LogP contribution in [0.2, 0.25) is 0 Å². The van der Waals surface area contributed by atoms with Gasteiger partial charge in [0.2, 0.25) is 5.91 Å². The minimum Gasteiger partial charge on any atom is -0.375 e. The molecule has 0 unspecified atom stereocenters. The van der Waals surface area contributed by atoms with Crippen molar-refractivity contribution < 1.29 is 9.53 Å². The van der Waals surface area contributed by atoms with Crippen molar-refractivity contribution in [3.63, 3.8) is 0 Å². The van der Waals surface area contributed by atoms with Crippen LogP contribution in [-0.2, 0) is 9.53 Å². The third kappa shape index (κ3) is 7.77. The van der Waals surface area contributed by atoms with E-state index in [1.807, 2.05) is 20.9 Å². The highest BCUT2D eigenvalue weighted by atomic mass is 32.1. The van der Waals surface area contributed by atoms with E-state index in [9.17, 15) is 4.79 Å². The summed E-state index contributed by atoms with van der Waals surface area (Å²) in [5, 5.41) is 4.43. The lowest BCUT2D eigenvalue weighted by Crippen LogP contribution is -2.39. The standard InChI is InChI=1S/C14H29N3O2S/c1-13(2,12(18)15-5)8-10-19-14(3,4)7-9-16-17(6)11-20/h11,16H,7-10H2,1-6H3,(H,15,18). The molecule has 6 heteroatoms. The van der Waals surface area contributed by atoms with Crippen molar-refractivity contribution >= 4 is 23.6 Å². The Morgan fingerprint density at radius 3 is 2.40 bits per heavy atom. The van der Waals surface area contributed by atoms with Crippen LogP contribution in [-0.4, -0.2) is 49.3 Å². The highest BCUT2D eigenvalue weighted by Crippen LogP contribution is 2.22. The number of hydrazine groups is 1. The number of carbonyl (C=O) groups excluding carboxylic acids is 1. The average molecular weight is 303 g/mol. The molecule has 0 aromatic carbocycles. The number of hydrogen-bond acceptors (Lipinski definition) is 4. The topological polar surface area (TPSA) is 53.6 Å². The molecule has 20 heavy (non-hydrogen) atoms. The summed E-state index contributed by atoms with van der Waals surface area (Å²) in [4.78, 5) is 11.7. The molecule has 0 saturated carbocycles. The van der Waals surface area contributed by atoms with Crippen molar-refractivity contribution in [1.29, 1.82) is 0 Å². The summed E-state index contributed by atoms with van der Waals surface area (Å²) < 4.78 is 5.90. The molecule has 0 aliphatic carbocycles. The van der Waals surface area contributed by atoms with Crippen LogP contribution in [0.25, 0.3) is 0 Å². The number of ether oxygens (including phenoxy) is 1. The summed E-state index contributed by atoms with van der Waals surface area (Å²) in [5.74, 6) is 0.0446. The van der Waals surface area contributed by atoms with Gasteiger partial charge < -0.3 is 15.1 Å². The Labute approximate surface area is 128 Å². The molecule has 5 nitrogen and oxygen atoms in total. The van der Waals surface area contributed by atoms with E-state index < -0.39 is 5.41 Å². The minimum atomic E-state index is -0.402. The molecular formula is C14H29N3O2S. The van der Waals surface area contributed by atoms with E-state index in [2.05, 4.69) is 24.6 Å². The van der Waals surface area contributed by atoms with Gasteiger partial charge in [-0.05, 0) is 26.7 Å². The molecule has 0 rings (SSSR count). The number of nitrogens with one attached hydrogen (secondary N) is 2. The predicted octanol–water partition coefficient (Wildman–Crippen LogP) is 1.73. The van der Waals surface area contributed by atoms with E-state index in [4.69, 9.17) is 17.0 Å². The first kappa shape index (κ1) is 19.3. The van der Waals surface area contributed by atoms with E-state index in [0.717, 1.165) is 13.0 Å². The van der Waals surface area contributed by atoms with Crippen LogP contribution in [0.15, 0.2) is 0 Å². The number of nitrogens with zero attached hydrogens (tertiary/aromatic N) is 1. The molecule has 0 atom stereocenters. The Balaban J connectivity index is 4.04. The number of rotatable bonds is 10. The fraction of sp³-hybridized carbons (Fsp3) is 0.857. The second-order valence-electron chi connectivity index (χ2n) is 6.20. The van der Waals surface area contributed by atoms with Gasteiger partial charge in [0.15, 0.2) is 0 Å². The van der Waals surface area contributed by atoms with Gasteiger partial charge in [-0.15, -0.1) is 0 Å². The Bertz CT molecular complexity index is 320. The molecule has 118 valence electrons. The first-order valence-electron chi connectivity index (χ1n) is 6.92. The average Bonchev–Trinajstić information content (AvgIpc) is 2.36. The highest BCUT2D eigenvalue weighted by Gasteiger charge is 2.27. The Kier molecular flexibility index (Phi) is 8.23. The number of carbonyl (C=O) groups is 1. The molecule has 0 spiro atoms. The summed E-state index contributed by atoms with van der Waals surface area (Å²) in [5.41, 5.74) is 4.08. The lowest BCUT2D eigenvalue weighted by Gasteiger charge is -2.29. The summed E-state index contributed by atoms with van der Waals surface area (Å²) in [6, 6.07) is 0. The van der Waals surface area contributed by atoms with Crippen LogP contribution in [0.1, 0.15) is 40.5 Å². The van der Waals surface area contributed by atoms with Crippen LogP contribution in [0, 0.1) is 5.41 Å². The Morgan fingerprint density at radius 1 is 1.30 bits per heavy atom. The fourth-order valence-corrected chi connectivity index (χ4v) is 1.75. The third-order valence-electron chi connectivity index (χ3n) is 3.31. The lowest BCUT2D eigenvalue weighted by molar-refractivity contribution is -0.130. The van der Waals surface area contributed by atoms with Crippen LogP contribution in [0.5, 0.6) is 0 Å². The quantitative estimate of drug-likeness (QED) is 0.475. The van der Waals surface area contributed by atoms with Crippen LogP contribution in [0.4, 0.5) is 0 Å². The maximum atomic E-state index is 11.7. The molecule has 0 aliphatic heterocycles. The zero-order chi connectivity index (χ0) is 15.8. The molecule has 0 saturated heterocycles. The summed E-state index contributed by atoms with van der Waals surface area (Å²) >= 11 is 4.80. The summed E-state index contributed by atoms with van der Waals surface area (Å²) in [6.45, 7) is 9.32. The Hall–Kier alpha value is -0.720. The van der Waals surface area contributed by atoms with E-state index in [1.165, 1.54) is 0 Å². The monoisotopic (exact) mass is 303 g/mol. The van der Waals surface area contributed by atoms with Gasteiger partial charge in [0, 0.05) is 32.7 Å². The maximum Gasteiger partial charge on any atom is 0.225 e. The van der Waals surface area contributed by atoms with E-state index in [0.29, 0.717) is 13.0 Å². The van der Waals surface area contributed by atoms with Crippen LogP contribution < -0.4 is 10.7 Å². The second-order valence-corrected chi connectivity index (χ2v) is 6.41. The zero-order valence-corrected chi connectivity index (χ0v) is 14.4. The van der Waals surface area contributed by atoms with Crippen molar-refractivity contribution in [1.82, 2.24) is 15.8 Å². The summed E-state index contributed by atoms with van der Waals surface area (Å²) in [7, 11) is 3.53. The molecule has 0 heterocycles. The summed E-state index contributed by atoms with van der Waals surface area (Å²) in [6.07, 6.45) is 1.56. The molecule has 0 radical (unpaired) electrons. The van der Waals surface area contributed by atoms with Gasteiger partial charge in [-0.25, -0.2) is 5.43 Å². The molecule has 0 aromatic heterocycles. The molecule has 2 N–H and O–H groups in total. The lowest BCUT2D eigenvalue weighted by atomic mass is 9.88. The first-order valence-corrected chi connectivity index (χ1v) is 7.39. The molecule has 0 aromatic rings. The normalized spacial score (nSPS) is 12.1. The van der Waals surface area contributed by atoms with Gasteiger partial charge in [-0.1, -0.05) is 26.1 Å². The zero-order valence-electron chi connectivity index (χ0n) is 13.6. The molecule has 0 bridgehead atoms. The highest BCUT2D eigenvalue weighted by molar-refractivity contribution is 7.78. The molecular weight excluding hydrogens is 274 g/mol. The van der Waals surface area contributed by atoms with Gasteiger partial charge in [0.05, 0.1) is 11.1 Å². The van der Waals surface area contributed by atoms with Crippen LogP contribution >= 0.6 is 12.2 Å². The van der Waals surface area contributed by atoms with Crippen molar-refractivity contribution in [3.05, 3.63) is 0 Å². The van der Waals surface area contributed by atoms with Crippen molar-refractivity contribution in [3.8, 4) is 0 Å².